The SMILES string of the molecule is CC(=O)c1nc(CSC(C)C)no1. The largest absolute Gasteiger partial charge is 0.331 e. The molecule has 0 aromatic carbocycles. The van der Waals surface area contributed by atoms with E-state index in [-0.39, 0.29) is 11.7 Å². The lowest BCUT2D eigenvalue weighted by Crippen LogP contribution is -1.93. The van der Waals surface area contributed by atoms with Crippen LogP contribution in [0.4, 0.5) is 0 Å². The van der Waals surface area contributed by atoms with Crippen LogP contribution in [-0.4, -0.2) is 21.2 Å². The molecule has 0 atom stereocenters. The zero-order chi connectivity index (χ0) is 9.84. The minimum absolute atomic E-state index is 0.0966. The second-order valence-corrected chi connectivity index (χ2v) is 4.50. The van der Waals surface area contributed by atoms with E-state index in [4.69, 9.17) is 4.52 Å². The molecule has 0 N–H and O–H groups in total. The van der Waals surface area contributed by atoms with E-state index < -0.39 is 0 Å². The van der Waals surface area contributed by atoms with Gasteiger partial charge in [-0.3, -0.25) is 4.79 Å². The minimum atomic E-state index is -0.187. The molecule has 0 aliphatic carbocycles. The molecule has 0 aliphatic heterocycles. The van der Waals surface area contributed by atoms with E-state index in [2.05, 4.69) is 24.0 Å². The van der Waals surface area contributed by atoms with Crippen molar-refractivity contribution in [1.29, 1.82) is 0 Å². The highest BCUT2D eigenvalue weighted by atomic mass is 32.2. The summed E-state index contributed by atoms with van der Waals surface area (Å²) in [5, 5.41) is 4.21. The molecule has 0 saturated carbocycles. The topological polar surface area (TPSA) is 56.0 Å². The zero-order valence-corrected chi connectivity index (χ0v) is 8.72. The first kappa shape index (κ1) is 10.2. The van der Waals surface area contributed by atoms with E-state index in [1.807, 2.05) is 0 Å². The first-order valence-electron chi connectivity index (χ1n) is 4.04. The second kappa shape index (κ2) is 4.41. The quantitative estimate of drug-likeness (QED) is 0.695. The predicted molar refractivity (Wildman–Crippen MR) is 50.7 cm³/mol. The van der Waals surface area contributed by atoms with E-state index in [1.165, 1.54) is 6.92 Å². The van der Waals surface area contributed by atoms with Gasteiger partial charge in [-0.15, -0.1) is 0 Å². The van der Waals surface area contributed by atoms with Crippen molar-refractivity contribution in [2.24, 2.45) is 0 Å². The molecule has 13 heavy (non-hydrogen) atoms. The van der Waals surface area contributed by atoms with Gasteiger partial charge in [0.05, 0.1) is 5.75 Å². The Labute approximate surface area is 81.1 Å². The monoisotopic (exact) mass is 200 g/mol. The number of carbonyl (C=O) groups is 1. The van der Waals surface area contributed by atoms with Crippen molar-refractivity contribution in [2.75, 3.05) is 0 Å². The van der Waals surface area contributed by atoms with Gasteiger partial charge in [0.15, 0.2) is 5.82 Å². The highest BCUT2D eigenvalue weighted by molar-refractivity contribution is 7.99. The lowest BCUT2D eigenvalue weighted by Gasteiger charge is -1.98. The van der Waals surface area contributed by atoms with Crippen molar-refractivity contribution in [3.63, 3.8) is 0 Å². The highest BCUT2D eigenvalue weighted by Gasteiger charge is 2.10. The number of rotatable bonds is 4. The van der Waals surface area contributed by atoms with Crippen LogP contribution in [-0.2, 0) is 5.75 Å². The molecule has 72 valence electrons. The molecule has 1 rings (SSSR count). The Bertz CT molecular complexity index is 296. The van der Waals surface area contributed by atoms with Crippen LogP contribution in [0.3, 0.4) is 0 Å². The third kappa shape index (κ3) is 3.18. The number of Topliss-reactive ketones (excluding diaryl/α,β-unsaturated/α-hetero) is 1. The normalized spacial score (nSPS) is 10.8. The molecule has 0 radical (unpaired) electrons. The van der Waals surface area contributed by atoms with Crippen LogP contribution < -0.4 is 0 Å². The Morgan fingerprint density at radius 1 is 1.62 bits per heavy atom. The van der Waals surface area contributed by atoms with Crippen LogP contribution >= 0.6 is 11.8 Å². The summed E-state index contributed by atoms with van der Waals surface area (Å²) in [6.07, 6.45) is 0. The smallest absolute Gasteiger partial charge is 0.293 e. The van der Waals surface area contributed by atoms with Gasteiger partial charge in [-0.2, -0.15) is 16.7 Å². The molecule has 4 nitrogen and oxygen atoms in total. The van der Waals surface area contributed by atoms with E-state index in [1.54, 1.807) is 11.8 Å². The van der Waals surface area contributed by atoms with Crippen molar-refractivity contribution in [3.8, 4) is 0 Å². The summed E-state index contributed by atoms with van der Waals surface area (Å²) in [5.74, 6) is 1.19. The van der Waals surface area contributed by atoms with Crippen molar-refractivity contribution in [2.45, 2.75) is 31.8 Å². The third-order valence-corrected chi connectivity index (χ3v) is 2.41. The van der Waals surface area contributed by atoms with Gasteiger partial charge in [0.2, 0.25) is 5.78 Å². The summed E-state index contributed by atoms with van der Waals surface area (Å²) in [4.78, 5) is 14.7. The van der Waals surface area contributed by atoms with Crippen molar-refractivity contribution in [1.82, 2.24) is 10.1 Å². The molecule has 0 bridgehead atoms. The van der Waals surface area contributed by atoms with Gasteiger partial charge in [-0.25, -0.2) is 0 Å². The number of carbonyl (C=O) groups excluding carboxylic acids is 1. The lowest BCUT2D eigenvalue weighted by atomic mass is 10.4. The van der Waals surface area contributed by atoms with Crippen LogP contribution in [0.1, 0.15) is 37.3 Å². The van der Waals surface area contributed by atoms with Gasteiger partial charge in [0, 0.05) is 6.92 Å². The molecule has 0 fully saturated rings. The van der Waals surface area contributed by atoms with Crippen molar-refractivity contribution >= 4 is 17.5 Å². The van der Waals surface area contributed by atoms with E-state index in [9.17, 15) is 4.79 Å². The number of ketones is 1. The fourth-order valence-corrected chi connectivity index (χ4v) is 1.30. The fraction of sp³-hybridized carbons (Fsp3) is 0.625. The maximum Gasteiger partial charge on any atom is 0.293 e. The molecule has 1 heterocycles. The molecule has 0 unspecified atom stereocenters. The van der Waals surface area contributed by atoms with E-state index in [0.29, 0.717) is 16.8 Å². The zero-order valence-electron chi connectivity index (χ0n) is 7.90. The van der Waals surface area contributed by atoms with Gasteiger partial charge in [-0.1, -0.05) is 19.0 Å². The Morgan fingerprint density at radius 3 is 2.77 bits per heavy atom. The Balaban J connectivity index is 2.54. The summed E-state index contributed by atoms with van der Waals surface area (Å²) in [5.41, 5.74) is 0. The molecule has 0 amide bonds. The summed E-state index contributed by atoms with van der Waals surface area (Å²) >= 11 is 1.71. The first-order valence-corrected chi connectivity index (χ1v) is 5.09. The highest BCUT2D eigenvalue weighted by Crippen LogP contribution is 2.14. The van der Waals surface area contributed by atoms with Crippen LogP contribution in [0.5, 0.6) is 0 Å². The molecule has 1 aromatic rings. The summed E-state index contributed by atoms with van der Waals surface area (Å²) in [7, 11) is 0. The van der Waals surface area contributed by atoms with Crippen molar-refractivity contribution in [3.05, 3.63) is 11.7 Å². The van der Waals surface area contributed by atoms with Crippen molar-refractivity contribution < 1.29 is 9.32 Å². The van der Waals surface area contributed by atoms with E-state index >= 15 is 0 Å². The summed E-state index contributed by atoms with van der Waals surface area (Å²) in [6.45, 7) is 5.60. The third-order valence-electron chi connectivity index (χ3n) is 1.32. The average molecular weight is 200 g/mol. The fourth-order valence-electron chi connectivity index (χ4n) is 0.697. The first-order chi connectivity index (χ1) is 6.09. The molecule has 0 saturated heterocycles. The molecule has 0 aliphatic rings. The maximum atomic E-state index is 10.8. The van der Waals surface area contributed by atoms with Gasteiger partial charge in [0.25, 0.3) is 5.89 Å². The second-order valence-electron chi connectivity index (χ2n) is 2.93. The lowest BCUT2D eigenvalue weighted by molar-refractivity contribution is 0.0972. The average Bonchev–Trinajstić information content (AvgIpc) is 2.48. The van der Waals surface area contributed by atoms with E-state index in [0.717, 1.165) is 0 Å². The Hall–Kier alpha value is -0.840. The number of nitrogens with zero attached hydrogens (tertiary/aromatic N) is 2. The molecule has 1 aromatic heterocycles. The van der Waals surface area contributed by atoms with Gasteiger partial charge >= 0.3 is 0 Å². The maximum absolute atomic E-state index is 10.8. The van der Waals surface area contributed by atoms with Crippen LogP contribution in [0.15, 0.2) is 4.52 Å². The number of thioether (sulfide) groups is 1. The summed E-state index contributed by atoms with van der Waals surface area (Å²) in [6, 6.07) is 0. The van der Waals surface area contributed by atoms with Crippen LogP contribution in [0.25, 0.3) is 0 Å². The Morgan fingerprint density at radius 2 is 2.31 bits per heavy atom. The number of hydrogen-bond acceptors (Lipinski definition) is 5. The van der Waals surface area contributed by atoms with Crippen LogP contribution in [0.2, 0.25) is 0 Å². The minimum Gasteiger partial charge on any atom is -0.331 e. The van der Waals surface area contributed by atoms with Gasteiger partial charge in [0.1, 0.15) is 0 Å². The molecule has 0 spiro atoms. The molecular weight excluding hydrogens is 188 g/mol. The van der Waals surface area contributed by atoms with Gasteiger partial charge < -0.3 is 4.52 Å². The van der Waals surface area contributed by atoms with Gasteiger partial charge in [-0.05, 0) is 5.25 Å². The number of aromatic nitrogens is 2. The standard InChI is InChI=1S/C8H12N2O2S/c1-5(2)13-4-7-9-8(6(3)11)12-10-7/h5H,4H2,1-3H3. The molecule has 5 heteroatoms. The number of hydrogen-bond donors (Lipinski definition) is 0. The van der Waals surface area contributed by atoms with Crippen LogP contribution in [0, 0.1) is 0 Å². The summed E-state index contributed by atoms with van der Waals surface area (Å²) < 4.78 is 4.73. The molecular formula is C8H12N2O2S. The Kier molecular flexibility index (Phi) is 3.48. The predicted octanol–water partition coefficient (Wildman–Crippen LogP) is 1.91.